The van der Waals surface area contributed by atoms with Crippen molar-refractivity contribution in [1.82, 2.24) is 0 Å². The first-order valence-electron chi connectivity index (χ1n) is 8.56. The fraction of sp³-hybridized carbons (Fsp3) is 0.190. The largest absolute Gasteiger partial charge is 0.484 e. The predicted molar refractivity (Wildman–Crippen MR) is 102 cm³/mol. The van der Waals surface area contributed by atoms with Crippen LogP contribution in [0.5, 0.6) is 5.75 Å². The Kier molecular flexibility index (Phi) is 5.35. The van der Waals surface area contributed by atoms with Crippen LogP contribution in [-0.2, 0) is 11.2 Å². The van der Waals surface area contributed by atoms with E-state index >= 15 is 0 Å². The average molecular weight is 365 g/mol. The number of hydrogen-bond acceptors (Lipinski definition) is 5. The molecule has 0 aliphatic carbocycles. The summed E-state index contributed by atoms with van der Waals surface area (Å²) in [5.41, 5.74) is 2.07. The van der Waals surface area contributed by atoms with Crippen LogP contribution in [-0.4, -0.2) is 18.3 Å². The lowest BCUT2D eigenvalue weighted by Crippen LogP contribution is -2.20. The van der Waals surface area contributed by atoms with E-state index in [0.29, 0.717) is 29.0 Å². The van der Waals surface area contributed by atoms with Crippen molar-refractivity contribution in [3.63, 3.8) is 0 Å². The molecule has 0 aliphatic heterocycles. The van der Waals surface area contributed by atoms with Crippen LogP contribution in [0.3, 0.4) is 0 Å². The van der Waals surface area contributed by atoms with E-state index < -0.39 is 5.63 Å². The predicted octanol–water partition coefficient (Wildman–Crippen LogP) is 3.58. The second kappa shape index (κ2) is 7.86. The third kappa shape index (κ3) is 4.41. The van der Waals surface area contributed by atoms with E-state index in [4.69, 9.17) is 9.15 Å². The zero-order valence-corrected chi connectivity index (χ0v) is 15.1. The van der Waals surface area contributed by atoms with E-state index in [1.165, 1.54) is 13.0 Å². The third-order valence-corrected chi connectivity index (χ3v) is 4.13. The molecule has 3 rings (SSSR count). The number of hydrogen-bond donors (Lipinski definition) is 1. The van der Waals surface area contributed by atoms with Crippen molar-refractivity contribution < 1.29 is 18.7 Å². The van der Waals surface area contributed by atoms with Gasteiger partial charge >= 0.3 is 5.63 Å². The number of fused-ring (bicyclic) bond motifs is 1. The van der Waals surface area contributed by atoms with Crippen LogP contribution in [0.2, 0.25) is 0 Å². The quantitative estimate of drug-likeness (QED) is 0.533. The standard InChI is InChI=1S/C21H19NO5/c1-3-14-10-21(25)27-19-11-17(8-9-18(14)19)26-12-20(24)22-16-6-4-15(5-7-16)13(2)23/h4-11H,3,12H2,1-2H3,(H,22,24). The van der Waals surface area contributed by atoms with Gasteiger partial charge < -0.3 is 14.5 Å². The first kappa shape index (κ1) is 18.4. The SMILES string of the molecule is CCc1cc(=O)oc2cc(OCC(=O)Nc3ccc(C(C)=O)cc3)ccc12. The summed E-state index contributed by atoms with van der Waals surface area (Å²) in [6.07, 6.45) is 0.715. The molecule has 1 amide bonds. The Morgan fingerprint density at radius 1 is 1.07 bits per heavy atom. The highest BCUT2D eigenvalue weighted by molar-refractivity contribution is 5.96. The minimum atomic E-state index is -0.414. The van der Waals surface area contributed by atoms with E-state index in [1.807, 2.05) is 13.0 Å². The lowest BCUT2D eigenvalue weighted by Gasteiger charge is -2.09. The van der Waals surface area contributed by atoms with Gasteiger partial charge in [-0.25, -0.2) is 4.79 Å². The smallest absolute Gasteiger partial charge is 0.336 e. The number of amides is 1. The van der Waals surface area contributed by atoms with Crippen LogP contribution in [0.4, 0.5) is 5.69 Å². The number of nitrogens with one attached hydrogen (secondary N) is 1. The highest BCUT2D eigenvalue weighted by Gasteiger charge is 2.08. The van der Waals surface area contributed by atoms with Crippen molar-refractivity contribution in [2.45, 2.75) is 20.3 Å². The number of carbonyl (C=O) groups excluding carboxylic acids is 2. The Morgan fingerprint density at radius 3 is 2.48 bits per heavy atom. The van der Waals surface area contributed by atoms with Crippen LogP contribution >= 0.6 is 0 Å². The van der Waals surface area contributed by atoms with Gasteiger partial charge in [0.25, 0.3) is 5.91 Å². The Labute approximate surface area is 155 Å². The molecule has 1 aromatic heterocycles. The molecule has 0 spiro atoms. The monoisotopic (exact) mass is 365 g/mol. The van der Waals surface area contributed by atoms with E-state index in [-0.39, 0.29) is 18.3 Å². The van der Waals surface area contributed by atoms with E-state index in [1.54, 1.807) is 36.4 Å². The number of ether oxygens (including phenoxy) is 1. The summed E-state index contributed by atoms with van der Waals surface area (Å²) in [5, 5.41) is 3.54. The number of anilines is 1. The van der Waals surface area contributed by atoms with Gasteiger partial charge in [-0.3, -0.25) is 9.59 Å². The van der Waals surface area contributed by atoms with Crippen LogP contribution in [0, 0.1) is 0 Å². The minimum Gasteiger partial charge on any atom is -0.484 e. The zero-order chi connectivity index (χ0) is 19.4. The molecule has 3 aromatic rings. The summed E-state index contributed by atoms with van der Waals surface area (Å²) >= 11 is 0. The van der Waals surface area contributed by atoms with Crippen LogP contribution in [0.25, 0.3) is 11.0 Å². The summed E-state index contributed by atoms with van der Waals surface area (Å²) < 4.78 is 10.7. The second-order valence-corrected chi connectivity index (χ2v) is 6.07. The molecule has 1 N–H and O–H groups in total. The average Bonchev–Trinajstić information content (AvgIpc) is 2.65. The normalized spacial score (nSPS) is 10.6. The summed E-state index contributed by atoms with van der Waals surface area (Å²) in [6.45, 7) is 3.25. The van der Waals surface area contributed by atoms with Gasteiger partial charge in [0, 0.05) is 28.8 Å². The third-order valence-electron chi connectivity index (χ3n) is 4.13. The maximum Gasteiger partial charge on any atom is 0.336 e. The summed E-state index contributed by atoms with van der Waals surface area (Å²) in [6, 6.07) is 13.2. The molecular formula is C21H19NO5. The van der Waals surface area contributed by atoms with E-state index in [2.05, 4.69) is 5.32 Å². The van der Waals surface area contributed by atoms with Gasteiger partial charge in [-0.1, -0.05) is 6.92 Å². The van der Waals surface area contributed by atoms with Crippen molar-refractivity contribution >= 4 is 28.3 Å². The number of rotatable bonds is 6. The molecular weight excluding hydrogens is 346 g/mol. The Balaban J connectivity index is 1.66. The van der Waals surface area contributed by atoms with Crippen molar-refractivity contribution in [3.8, 4) is 5.75 Å². The van der Waals surface area contributed by atoms with Crippen LogP contribution < -0.4 is 15.7 Å². The van der Waals surface area contributed by atoms with Gasteiger partial charge in [0.2, 0.25) is 0 Å². The first-order chi connectivity index (χ1) is 13.0. The van der Waals surface area contributed by atoms with E-state index in [9.17, 15) is 14.4 Å². The summed E-state index contributed by atoms with van der Waals surface area (Å²) in [7, 11) is 0. The fourth-order valence-electron chi connectivity index (χ4n) is 2.73. The second-order valence-electron chi connectivity index (χ2n) is 6.07. The van der Waals surface area contributed by atoms with Gasteiger partial charge in [0.05, 0.1) is 0 Å². The lowest BCUT2D eigenvalue weighted by molar-refractivity contribution is -0.118. The Bertz CT molecular complexity index is 1050. The Hall–Kier alpha value is -3.41. The maximum atomic E-state index is 12.0. The fourth-order valence-corrected chi connectivity index (χ4v) is 2.73. The van der Waals surface area contributed by atoms with Gasteiger partial charge in [-0.15, -0.1) is 0 Å². The number of aryl methyl sites for hydroxylation is 1. The molecule has 0 aliphatic rings. The van der Waals surface area contributed by atoms with Crippen molar-refractivity contribution in [1.29, 1.82) is 0 Å². The first-order valence-corrected chi connectivity index (χ1v) is 8.56. The number of ketones is 1. The van der Waals surface area contributed by atoms with Gasteiger partial charge in [-0.05, 0) is 55.3 Å². The van der Waals surface area contributed by atoms with Crippen molar-refractivity contribution in [2.24, 2.45) is 0 Å². The van der Waals surface area contributed by atoms with Crippen molar-refractivity contribution in [3.05, 3.63) is 70.1 Å². The molecule has 0 saturated carbocycles. The molecule has 1 heterocycles. The lowest BCUT2D eigenvalue weighted by atomic mass is 10.1. The molecule has 0 fully saturated rings. The number of benzene rings is 2. The minimum absolute atomic E-state index is 0.0367. The van der Waals surface area contributed by atoms with Gasteiger partial charge in [0.1, 0.15) is 11.3 Å². The molecule has 2 aromatic carbocycles. The van der Waals surface area contributed by atoms with E-state index in [0.717, 1.165) is 10.9 Å². The number of Topliss-reactive ketones (excluding diaryl/α,β-unsaturated/α-hetero) is 1. The van der Waals surface area contributed by atoms with Crippen LogP contribution in [0.15, 0.2) is 57.7 Å². The molecule has 138 valence electrons. The maximum absolute atomic E-state index is 12.0. The van der Waals surface area contributed by atoms with Gasteiger partial charge in [-0.2, -0.15) is 0 Å². The highest BCUT2D eigenvalue weighted by Crippen LogP contribution is 2.23. The molecule has 0 bridgehead atoms. The van der Waals surface area contributed by atoms with Gasteiger partial charge in [0.15, 0.2) is 12.4 Å². The Morgan fingerprint density at radius 2 is 1.81 bits per heavy atom. The molecule has 6 nitrogen and oxygen atoms in total. The summed E-state index contributed by atoms with van der Waals surface area (Å²) in [5.74, 6) is 0.0563. The molecule has 6 heteroatoms. The van der Waals surface area contributed by atoms with Crippen LogP contribution in [0.1, 0.15) is 29.8 Å². The highest BCUT2D eigenvalue weighted by atomic mass is 16.5. The van der Waals surface area contributed by atoms with Crippen molar-refractivity contribution in [2.75, 3.05) is 11.9 Å². The molecule has 27 heavy (non-hydrogen) atoms. The molecule has 0 radical (unpaired) electrons. The zero-order valence-electron chi connectivity index (χ0n) is 15.1. The summed E-state index contributed by atoms with van der Waals surface area (Å²) in [4.78, 5) is 34.9. The topological polar surface area (TPSA) is 85.6 Å². The molecule has 0 atom stereocenters. The molecule has 0 saturated heterocycles. The number of carbonyl (C=O) groups is 2. The molecule has 0 unspecified atom stereocenters.